The lowest BCUT2D eigenvalue weighted by Gasteiger charge is -2.49. The predicted molar refractivity (Wildman–Crippen MR) is 110 cm³/mol. The third kappa shape index (κ3) is 1.56. The van der Waals surface area contributed by atoms with E-state index in [0.29, 0.717) is 12.3 Å². The first kappa shape index (κ1) is 16.0. The number of hydrogen-bond donors (Lipinski definition) is 1. The Kier molecular flexibility index (Phi) is 2.99. The van der Waals surface area contributed by atoms with E-state index in [2.05, 4.69) is 89.7 Å². The molecule has 2 saturated heterocycles. The molecule has 27 heavy (non-hydrogen) atoms. The quantitative estimate of drug-likeness (QED) is 0.844. The van der Waals surface area contributed by atoms with Gasteiger partial charge in [0.2, 0.25) is 0 Å². The summed E-state index contributed by atoms with van der Waals surface area (Å²) in [4.78, 5) is 7.64. The van der Waals surface area contributed by atoms with Crippen LogP contribution < -0.4 is 15.1 Å². The van der Waals surface area contributed by atoms with Crippen LogP contribution in [-0.2, 0) is 10.8 Å². The summed E-state index contributed by atoms with van der Waals surface area (Å²) in [5, 5.41) is 3.89. The number of hydrogen-bond acceptors (Lipinski definition) is 4. The van der Waals surface area contributed by atoms with Crippen LogP contribution in [0.25, 0.3) is 0 Å². The number of nitrogens with zero attached hydrogens (tertiary/aromatic N) is 3. The van der Waals surface area contributed by atoms with E-state index in [1.165, 1.54) is 24.2 Å². The van der Waals surface area contributed by atoms with E-state index >= 15 is 0 Å². The van der Waals surface area contributed by atoms with Crippen molar-refractivity contribution in [1.82, 2.24) is 10.2 Å². The minimum atomic E-state index is 0.106. The number of rotatable bonds is 1. The Morgan fingerprint density at radius 3 is 2.19 bits per heavy atom. The van der Waals surface area contributed by atoms with Crippen LogP contribution in [0.5, 0.6) is 0 Å². The average molecular weight is 361 g/mol. The molecule has 0 radical (unpaired) electrons. The van der Waals surface area contributed by atoms with Crippen molar-refractivity contribution in [2.45, 2.75) is 36.0 Å². The Hall–Kier alpha value is -2.04. The molecule has 140 valence electrons. The molecule has 1 N–H and O–H groups in total. The van der Waals surface area contributed by atoms with Gasteiger partial charge in [0.25, 0.3) is 0 Å². The number of fused-ring (bicyclic) bond motifs is 7. The van der Waals surface area contributed by atoms with E-state index in [-0.39, 0.29) is 10.8 Å². The van der Waals surface area contributed by atoms with Crippen LogP contribution in [0.4, 0.5) is 11.4 Å². The van der Waals surface area contributed by atoms with Crippen molar-refractivity contribution in [3.05, 3.63) is 59.7 Å². The SMILES string of the molecule is CN1CC[C@]2([C@]34CCNC3N(C)c3ccccc34)c3ccccc3N(C)C12. The Morgan fingerprint density at radius 1 is 0.815 bits per heavy atom. The highest BCUT2D eigenvalue weighted by Crippen LogP contribution is 2.66. The number of para-hydroxylation sites is 2. The first-order chi connectivity index (χ1) is 13.1. The lowest BCUT2D eigenvalue weighted by Crippen LogP contribution is -2.62. The van der Waals surface area contributed by atoms with Gasteiger partial charge in [-0.2, -0.15) is 0 Å². The molecule has 0 aromatic heterocycles. The first-order valence-electron chi connectivity index (χ1n) is 10.2. The van der Waals surface area contributed by atoms with Crippen LogP contribution >= 0.6 is 0 Å². The highest BCUT2D eigenvalue weighted by atomic mass is 15.4. The van der Waals surface area contributed by atoms with Gasteiger partial charge in [0.1, 0.15) is 0 Å². The van der Waals surface area contributed by atoms with Gasteiger partial charge in [0.15, 0.2) is 0 Å². The topological polar surface area (TPSA) is 21.8 Å². The molecule has 2 fully saturated rings. The largest absolute Gasteiger partial charge is 0.358 e. The minimum Gasteiger partial charge on any atom is -0.358 e. The van der Waals surface area contributed by atoms with E-state index in [1.54, 1.807) is 11.1 Å². The summed E-state index contributed by atoms with van der Waals surface area (Å²) >= 11 is 0. The van der Waals surface area contributed by atoms with E-state index in [0.717, 1.165) is 13.1 Å². The number of anilines is 2. The molecule has 4 nitrogen and oxygen atoms in total. The van der Waals surface area contributed by atoms with Crippen molar-refractivity contribution < 1.29 is 0 Å². The molecule has 2 unspecified atom stereocenters. The van der Waals surface area contributed by atoms with Crippen molar-refractivity contribution in [3.63, 3.8) is 0 Å². The van der Waals surface area contributed by atoms with Gasteiger partial charge < -0.3 is 9.80 Å². The highest BCUT2D eigenvalue weighted by Gasteiger charge is 2.72. The fourth-order valence-corrected chi connectivity index (χ4v) is 7.34. The molecule has 0 aliphatic carbocycles. The summed E-state index contributed by atoms with van der Waals surface area (Å²) in [6.45, 7) is 2.25. The van der Waals surface area contributed by atoms with Gasteiger partial charge in [-0.3, -0.25) is 10.2 Å². The number of benzene rings is 2. The lowest BCUT2D eigenvalue weighted by atomic mass is 9.55. The zero-order valence-corrected chi connectivity index (χ0v) is 16.4. The summed E-state index contributed by atoms with van der Waals surface area (Å²) < 4.78 is 0. The molecule has 4 aliphatic heterocycles. The molecule has 0 saturated carbocycles. The van der Waals surface area contributed by atoms with E-state index in [1.807, 2.05) is 0 Å². The van der Waals surface area contributed by atoms with Gasteiger partial charge in [-0.25, -0.2) is 0 Å². The van der Waals surface area contributed by atoms with Crippen LogP contribution in [0, 0.1) is 0 Å². The van der Waals surface area contributed by atoms with E-state index in [9.17, 15) is 0 Å². The van der Waals surface area contributed by atoms with Gasteiger partial charge in [0.05, 0.1) is 12.3 Å². The monoisotopic (exact) mass is 360 g/mol. The number of nitrogens with one attached hydrogen (secondary N) is 1. The van der Waals surface area contributed by atoms with Crippen molar-refractivity contribution in [2.75, 3.05) is 44.0 Å². The smallest absolute Gasteiger partial charge is 0.0924 e. The molecule has 4 atom stereocenters. The normalized spacial score (nSPS) is 36.7. The molecule has 4 heteroatoms. The highest BCUT2D eigenvalue weighted by molar-refractivity contribution is 5.73. The number of likely N-dealkylation sites (N-methyl/N-ethyl adjacent to an activating group) is 3. The molecule has 2 aromatic rings. The maximum absolute atomic E-state index is 3.89. The van der Waals surface area contributed by atoms with E-state index in [4.69, 9.17) is 0 Å². The minimum absolute atomic E-state index is 0.106. The van der Waals surface area contributed by atoms with Crippen LogP contribution in [0.3, 0.4) is 0 Å². The first-order valence-corrected chi connectivity index (χ1v) is 10.2. The van der Waals surface area contributed by atoms with Crippen LogP contribution in [0.1, 0.15) is 24.0 Å². The van der Waals surface area contributed by atoms with Gasteiger partial charge in [-0.1, -0.05) is 36.4 Å². The van der Waals surface area contributed by atoms with Gasteiger partial charge in [0, 0.05) is 42.8 Å². The Bertz CT molecular complexity index is 926. The Labute approximate surface area is 161 Å². The molecule has 4 aliphatic rings. The zero-order valence-electron chi connectivity index (χ0n) is 16.4. The average Bonchev–Trinajstić information content (AvgIpc) is 3.40. The van der Waals surface area contributed by atoms with Crippen LogP contribution in [0.15, 0.2) is 48.5 Å². The van der Waals surface area contributed by atoms with E-state index < -0.39 is 0 Å². The number of likely N-dealkylation sites (tertiary alicyclic amines) is 1. The second-order valence-electron chi connectivity index (χ2n) is 8.91. The summed E-state index contributed by atoms with van der Waals surface area (Å²) in [6, 6.07) is 18.3. The zero-order chi connectivity index (χ0) is 18.4. The molecule has 0 spiro atoms. The van der Waals surface area contributed by atoms with Gasteiger partial charge in [-0.15, -0.1) is 0 Å². The summed E-state index contributed by atoms with van der Waals surface area (Å²) in [6.07, 6.45) is 3.20. The summed E-state index contributed by atoms with van der Waals surface area (Å²) in [7, 11) is 6.89. The maximum Gasteiger partial charge on any atom is 0.0924 e. The standard InChI is InChI=1S/C23H28N4/c1-25-15-13-23(17-9-5-7-11-19(17)27(3)21(23)25)22-12-14-24-20(22)26(2)18-10-6-4-8-16(18)22/h4-11,20-21,24H,12-15H2,1-3H3/t20?,21?,22-,23-/m0/s1. The Morgan fingerprint density at radius 2 is 1.44 bits per heavy atom. The lowest BCUT2D eigenvalue weighted by molar-refractivity contribution is 0.151. The third-order valence-electron chi connectivity index (χ3n) is 8.12. The predicted octanol–water partition coefficient (Wildman–Crippen LogP) is 2.74. The molecule has 6 rings (SSSR count). The van der Waals surface area contributed by atoms with Crippen molar-refractivity contribution in [3.8, 4) is 0 Å². The third-order valence-corrected chi connectivity index (χ3v) is 8.12. The molecular formula is C23H28N4. The molecule has 4 heterocycles. The second kappa shape index (κ2) is 5.06. The summed E-state index contributed by atoms with van der Waals surface area (Å²) in [5.74, 6) is 0. The van der Waals surface area contributed by atoms with Crippen molar-refractivity contribution in [2.24, 2.45) is 0 Å². The Balaban J connectivity index is 1.70. The van der Waals surface area contributed by atoms with Crippen molar-refractivity contribution in [1.29, 1.82) is 0 Å². The van der Waals surface area contributed by atoms with Crippen LogP contribution in [0.2, 0.25) is 0 Å². The van der Waals surface area contributed by atoms with Gasteiger partial charge >= 0.3 is 0 Å². The fourth-order valence-electron chi connectivity index (χ4n) is 7.34. The van der Waals surface area contributed by atoms with Crippen molar-refractivity contribution >= 4 is 11.4 Å². The molecule has 0 amide bonds. The van der Waals surface area contributed by atoms with Crippen LogP contribution in [-0.4, -0.2) is 51.5 Å². The molecular weight excluding hydrogens is 332 g/mol. The fraction of sp³-hybridized carbons (Fsp3) is 0.478. The van der Waals surface area contributed by atoms with Gasteiger partial charge in [-0.05, 0) is 49.7 Å². The molecule has 2 aromatic carbocycles. The maximum atomic E-state index is 3.89. The summed E-state index contributed by atoms with van der Waals surface area (Å²) in [5.41, 5.74) is 6.15. The second-order valence-corrected chi connectivity index (χ2v) is 8.91. The molecule has 0 bridgehead atoms.